The van der Waals surface area contributed by atoms with Crippen LogP contribution in [0.3, 0.4) is 0 Å². The van der Waals surface area contributed by atoms with E-state index in [0.29, 0.717) is 12.6 Å². The SMILES string of the molecule is CCOCC(C)OCCNC1CCCC(C)C1. The van der Waals surface area contributed by atoms with Crippen LogP contribution >= 0.6 is 0 Å². The van der Waals surface area contributed by atoms with Crippen LogP contribution in [0.1, 0.15) is 46.5 Å². The Bertz CT molecular complexity index is 187. The summed E-state index contributed by atoms with van der Waals surface area (Å²) in [5, 5.41) is 3.60. The molecule has 1 fully saturated rings. The van der Waals surface area contributed by atoms with Crippen molar-refractivity contribution in [3.63, 3.8) is 0 Å². The lowest BCUT2D eigenvalue weighted by Gasteiger charge is -2.27. The summed E-state index contributed by atoms with van der Waals surface area (Å²) in [6.45, 7) is 9.67. The minimum Gasteiger partial charge on any atom is -0.379 e. The molecule has 102 valence electrons. The monoisotopic (exact) mass is 243 g/mol. The molecular weight excluding hydrogens is 214 g/mol. The van der Waals surface area contributed by atoms with Crippen molar-refractivity contribution in [3.8, 4) is 0 Å². The van der Waals surface area contributed by atoms with E-state index in [1.54, 1.807) is 0 Å². The molecular formula is C14H29NO2. The number of nitrogens with one attached hydrogen (secondary N) is 1. The second kappa shape index (κ2) is 8.90. The molecule has 0 aromatic rings. The fourth-order valence-corrected chi connectivity index (χ4v) is 2.47. The Kier molecular flexibility index (Phi) is 7.82. The fourth-order valence-electron chi connectivity index (χ4n) is 2.47. The molecule has 1 aliphatic rings. The maximum Gasteiger partial charge on any atom is 0.0781 e. The summed E-state index contributed by atoms with van der Waals surface area (Å²) in [5.74, 6) is 0.888. The van der Waals surface area contributed by atoms with Gasteiger partial charge in [-0.1, -0.05) is 19.8 Å². The van der Waals surface area contributed by atoms with Crippen LogP contribution in [0, 0.1) is 5.92 Å². The van der Waals surface area contributed by atoms with Gasteiger partial charge in [-0.25, -0.2) is 0 Å². The Morgan fingerprint density at radius 3 is 2.88 bits per heavy atom. The van der Waals surface area contributed by atoms with Crippen LogP contribution in [0.15, 0.2) is 0 Å². The molecule has 1 saturated carbocycles. The third kappa shape index (κ3) is 7.02. The molecule has 0 aliphatic heterocycles. The van der Waals surface area contributed by atoms with Gasteiger partial charge in [0, 0.05) is 19.2 Å². The molecule has 0 spiro atoms. The van der Waals surface area contributed by atoms with Crippen LogP contribution in [0.2, 0.25) is 0 Å². The lowest BCUT2D eigenvalue weighted by molar-refractivity contribution is -0.00279. The van der Waals surface area contributed by atoms with Crippen LogP contribution in [0.5, 0.6) is 0 Å². The van der Waals surface area contributed by atoms with E-state index in [4.69, 9.17) is 9.47 Å². The van der Waals surface area contributed by atoms with Gasteiger partial charge in [0.15, 0.2) is 0 Å². The predicted octanol–water partition coefficient (Wildman–Crippen LogP) is 2.60. The van der Waals surface area contributed by atoms with E-state index in [2.05, 4.69) is 19.2 Å². The molecule has 3 nitrogen and oxygen atoms in total. The van der Waals surface area contributed by atoms with Gasteiger partial charge >= 0.3 is 0 Å². The van der Waals surface area contributed by atoms with Crippen LogP contribution in [0.4, 0.5) is 0 Å². The highest BCUT2D eigenvalue weighted by molar-refractivity contribution is 4.75. The summed E-state index contributed by atoms with van der Waals surface area (Å²) >= 11 is 0. The van der Waals surface area contributed by atoms with E-state index in [-0.39, 0.29) is 6.10 Å². The average Bonchev–Trinajstić information content (AvgIpc) is 2.32. The Morgan fingerprint density at radius 2 is 2.18 bits per heavy atom. The Balaban J connectivity index is 1.96. The highest BCUT2D eigenvalue weighted by atomic mass is 16.5. The first-order valence-corrected chi connectivity index (χ1v) is 7.15. The van der Waals surface area contributed by atoms with Gasteiger partial charge < -0.3 is 14.8 Å². The minimum absolute atomic E-state index is 0.210. The van der Waals surface area contributed by atoms with E-state index in [1.165, 1.54) is 25.7 Å². The zero-order valence-corrected chi connectivity index (χ0v) is 11.7. The van der Waals surface area contributed by atoms with E-state index in [1.807, 2.05) is 6.92 Å². The van der Waals surface area contributed by atoms with Gasteiger partial charge in [-0.2, -0.15) is 0 Å². The molecule has 0 saturated heterocycles. The van der Waals surface area contributed by atoms with Crippen molar-refractivity contribution < 1.29 is 9.47 Å². The molecule has 0 bridgehead atoms. The topological polar surface area (TPSA) is 30.5 Å². The lowest BCUT2D eigenvalue weighted by atomic mass is 9.87. The van der Waals surface area contributed by atoms with E-state index >= 15 is 0 Å². The number of ether oxygens (including phenoxy) is 2. The van der Waals surface area contributed by atoms with Crippen LogP contribution in [-0.4, -0.2) is 38.5 Å². The third-order valence-electron chi connectivity index (χ3n) is 3.43. The predicted molar refractivity (Wildman–Crippen MR) is 71.3 cm³/mol. The van der Waals surface area contributed by atoms with Gasteiger partial charge in [-0.3, -0.25) is 0 Å². The molecule has 3 unspecified atom stereocenters. The number of hydrogen-bond acceptors (Lipinski definition) is 3. The molecule has 3 heteroatoms. The maximum atomic E-state index is 5.67. The molecule has 1 rings (SSSR count). The minimum atomic E-state index is 0.210. The Labute approximate surface area is 106 Å². The lowest BCUT2D eigenvalue weighted by Crippen LogP contribution is -2.36. The first-order valence-electron chi connectivity index (χ1n) is 7.15. The average molecular weight is 243 g/mol. The van der Waals surface area contributed by atoms with Crippen molar-refractivity contribution in [2.24, 2.45) is 5.92 Å². The second-order valence-corrected chi connectivity index (χ2v) is 5.26. The molecule has 0 heterocycles. The molecule has 17 heavy (non-hydrogen) atoms. The van der Waals surface area contributed by atoms with Crippen LogP contribution in [-0.2, 0) is 9.47 Å². The Morgan fingerprint density at radius 1 is 1.35 bits per heavy atom. The zero-order valence-electron chi connectivity index (χ0n) is 11.7. The second-order valence-electron chi connectivity index (χ2n) is 5.26. The summed E-state index contributed by atoms with van der Waals surface area (Å²) in [4.78, 5) is 0. The molecule has 3 atom stereocenters. The van der Waals surface area contributed by atoms with Crippen molar-refractivity contribution in [2.75, 3.05) is 26.4 Å². The molecule has 0 aromatic heterocycles. The Hall–Kier alpha value is -0.120. The number of rotatable bonds is 8. The van der Waals surface area contributed by atoms with Gasteiger partial charge in [0.25, 0.3) is 0 Å². The summed E-state index contributed by atoms with van der Waals surface area (Å²) in [6.07, 6.45) is 5.65. The molecule has 1 N–H and O–H groups in total. The normalized spacial score (nSPS) is 27.0. The molecule has 0 aromatic carbocycles. The largest absolute Gasteiger partial charge is 0.379 e. The van der Waals surface area contributed by atoms with Gasteiger partial charge in [0.05, 0.1) is 19.3 Å². The first-order chi connectivity index (χ1) is 8.22. The van der Waals surface area contributed by atoms with E-state index < -0.39 is 0 Å². The summed E-state index contributed by atoms with van der Waals surface area (Å²) in [6, 6.07) is 0.713. The van der Waals surface area contributed by atoms with Gasteiger partial charge in [0.1, 0.15) is 0 Å². The molecule has 0 radical (unpaired) electrons. The van der Waals surface area contributed by atoms with Crippen molar-refractivity contribution in [1.29, 1.82) is 0 Å². The van der Waals surface area contributed by atoms with Crippen molar-refractivity contribution >= 4 is 0 Å². The highest BCUT2D eigenvalue weighted by Crippen LogP contribution is 2.23. The summed E-state index contributed by atoms with van der Waals surface area (Å²) < 4.78 is 11.0. The van der Waals surface area contributed by atoms with E-state index in [9.17, 15) is 0 Å². The third-order valence-corrected chi connectivity index (χ3v) is 3.43. The molecule has 0 amide bonds. The van der Waals surface area contributed by atoms with Crippen molar-refractivity contribution in [3.05, 3.63) is 0 Å². The van der Waals surface area contributed by atoms with Crippen molar-refractivity contribution in [1.82, 2.24) is 5.32 Å². The highest BCUT2D eigenvalue weighted by Gasteiger charge is 2.17. The van der Waals surface area contributed by atoms with Gasteiger partial charge in [-0.15, -0.1) is 0 Å². The van der Waals surface area contributed by atoms with Gasteiger partial charge in [-0.05, 0) is 32.6 Å². The summed E-state index contributed by atoms with van der Waals surface area (Å²) in [5.41, 5.74) is 0. The van der Waals surface area contributed by atoms with E-state index in [0.717, 1.165) is 25.7 Å². The van der Waals surface area contributed by atoms with Crippen molar-refractivity contribution in [2.45, 2.75) is 58.6 Å². The zero-order chi connectivity index (χ0) is 12.5. The van der Waals surface area contributed by atoms with Gasteiger partial charge in [0.2, 0.25) is 0 Å². The maximum absolute atomic E-state index is 5.67. The standard InChI is InChI=1S/C14H29NO2/c1-4-16-11-13(3)17-9-8-15-14-7-5-6-12(2)10-14/h12-15H,4-11H2,1-3H3. The number of hydrogen-bond donors (Lipinski definition) is 1. The smallest absolute Gasteiger partial charge is 0.0781 e. The molecule has 1 aliphatic carbocycles. The quantitative estimate of drug-likeness (QED) is 0.665. The summed E-state index contributed by atoms with van der Waals surface area (Å²) in [7, 11) is 0. The van der Waals surface area contributed by atoms with Crippen LogP contribution in [0.25, 0.3) is 0 Å². The fraction of sp³-hybridized carbons (Fsp3) is 1.00. The first kappa shape index (κ1) is 14.9. The van der Waals surface area contributed by atoms with Crippen LogP contribution < -0.4 is 5.32 Å².